The number of amides is 4. The molecule has 8 heteroatoms. The number of anilines is 1. The van der Waals surface area contributed by atoms with Gasteiger partial charge in [-0.05, 0) is 31.2 Å². The van der Waals surface area contributed by atoms with E-state index in [0.717, 1.165) is 11.3 Å². The SMILES string of the molecule is Cc1ccc(N2C[C@H](NC(=O)N3CCN(C(=O)c4ccco4)CC3)CC2=O)cc1. The van der Waals surface area contributed by atoms with E-state index < -0.39 is 0 Å². The van der Waals surface area contributed by atoms with Gasteiger partial charge in [0.2, 0.25) is 5.91 Å². The summed E-state index contributed by atoms with van der Waals surface area (Å²) in [6.45, 7) is 4.25. The minimum Gasteiger partial charge on any atom is -0.459 e. The van der Waals surface area contributed by atoms with Crippen LogP contribution in [0, 0.1) is 6.92 Å². The molecular formula is C21H24N4O4. The molecule has 3 heterocycles. The number of benzene rings is 1. The molecule has 2 saturated heterocycles. The van der Waals surface area contributed by atoms with Crippen LogP contribution >= 0.6 is 0 Å². The van der Waals surface area contributed by atoms with Crippen LogP contribution in [0.2, 0.25) is 0 Å². The van der Waals surface area contributed by atoms with Gasteiger partial charge in [-0.15, -0.1) is 0 Å². The van der Waals surface area contributed by atoms with E-state index >= 15 is 0 Å². The lowest BCUT2D eigenvalue weighted by atomic mass is 10.2. The molecule has 2 fully saturated rings. The summed E-state index contributed by atoms with van der Waals surface area (Å²) in [6.07, 6.45) is 1.76. The number of urea groups is 1. The van der Waals surface area contributed by atoms with Gasteiger partial charge in [0.1, 0.15) is 0 Å². The predicted molar refractivity (Wildman–Crippen MR) is 107 cm³/mol. The van der Waals surface area contributed by atoms with Crippen LogP contribution in [0.3, 0.4) is 0 Å². The number of furan rings is 1. The molecule has 152 valence electrons. The first-order valence-electron chi connectivity index (χ1n) is 9.76. The van der Waals surface area contributed by atoms with E-state index in [0.29, 0.717) is 38.5 Å². The van der Waals surface area contributed by atoms with Gasteiger partial charge < -0.3 is 24.4 Å². The van der Waals surface area contributed by atoms with Gasteiger partial charge in [0.15, 0.2) is 5.76 Å². The van der Waals surface area contributed by atoms with Crippen molar-refractivity contribution in [3.05, 3.63) is 54.0 Å². The van der Waals surface area contributed by atoms with Crippen molar-refractivity contribution in [3.8, 4) is 0 Å². The minimum absolute atomic E-state index is 0.00742. The molecule has 4 rings (SSSR count). The molecule has 4 amide bonds. The fraction of sp³-hybridized carbons (Fsp3) is 0.381. The van der Waals surface area contributed by atoms with Crippen LogP contribution in [0.5, 0.6) is 0 Å². The lowest BCUT2D eigenvalue weighted by Gasteiger charge is -2.34. The molecule has 1 aromatic heterocycles. The summed E-state index contributed by atoms with van der Waals surface area (Å²) in [5.41, 5.74) is 1.98. The third kappa shape index (κ3) is 4.11. The molecule has 8 nitrogen and oxygen atoms in total. The summed E-state index contributed by atoms with van der Waals surface area (Å²) < 4.78 is 5.15. The number of aryl methyl sites for hydroxylation is 1. The Morgan fingerprint density at radius 3 is 2.38 bits per heavy atom. The molecule has 1 aromatic carbocycles. The summed E-state index contributed by atoms with van der Waals surface area (Å²) in [6, 6.07) is 10.7. The largest absolute Gasteiger partial charge is 0.459 e. The number of hydrogen-bond acceptors (Lipinski definition) is 4. The number of nitrogens with zero attached hydrogens (tertiary/aromatic N) is 3. The Hall–Kier alpha value is -3.29. The maximum atomic E-state index is 12.6. The molecule has 2 aliphatic heterocycles. The van der Waals surface area contributed by atoms with Crippen molar-refractivity contribution in [2.24, 2.45) is 0 Å². The van der Waals surface area contributed by atoms with Crippen molar-refractivity contribution in [2.45, 2.75) is 19.4 Å². The summed E-state index contributed by atoms with van der Waals surface area (Å²) in [4.78, 5) is 42.4. The van der Waals surface area contributed by atoms with Crippen LogP contribution in [-0.2, 0) is 4.79 Å². The van der Waals surface area contributed by atoms with Gasteiger partial charge in [-0.1, -0.05) is 17.7 Å². The van der Waals surface area contributed by atoms with E-state index in [1.165, 1.54) is 6.26 Å². The molecule has 0 unspecified atom stereocenters. The first kappa shape index (κ1) is 19.0. The lowest BCUT2D eigenvalue weighted by Crippen LogP contribution is -2.54. The number of nitrogens with one attached hydrogen (secondary N) is 1. The molecule has 2 aromatic rings. The Labute approximate surface area is 169 Å². The minimum atomic E-state index is -0.223. The lowest BCUT2D eigenvalue weighted by molar-refractivity contribution is -0.117. The average molecular weight is 396 g/mol. The fourth-order valence-corrected chi connectivity index (χ4v) is 3.71. The molecule has 0 aliphatic carbocycles. The zero-order chi connectivity index (χ0) is 20.4. The fourth-order valence-electron chi connectivity index (χ4n) is 3.71. The molecule has 1 atom stereocenters. The third-order valence-electron chi connectivity index (χ3n) is 5.38. The monoisotopic (exact) mass is 396 g/mol. The Bertz CT molecular complexity index is 886. The standard InChI is InChI=1S/C21H24N4O4/c1-15-4-6-17(7-5-15)25-14-16(13-19(25)26)22-21(28)24-10-8-23(9-11-24)20(27)18-3-2-12-29-18/h2-7,12,16H,8-11,13-14H2,1H3,(H,22,28)/t16-/m1/s1. The van der Waals surface area contributed by atoms with Gasteiger partial charge in [-0.2, -0.15) is 0 Å². The van der Waals surface area contributed by atoms with Gasteiger partial charge >= 0.3 is 6.03 Å². The van der Waals surface area contributed by atoms with Crippen LogP contribution in [-0.4, -0.2) is 66.4 Å². The molecule has 1 N–H and O–H groups in total. The Morgan fingerprint density at radius 2 is 1.72 bits per heavy atom. The zero-order valence-electron chi connectivity index (χ0n) is 16.3. The number of hydrogen-bond donors (Lipinski definition) is 1. The van der Waals surface area contributed by atoms with Crippen LogP contribution in [0.25, 0.3) is 0 Å². The number of carbonyl (C=O) groups is 3. The smallest absolute Gasteiger partial charge is 0.317 e. The van der Waals surface area contributed by atoms with Crippen LogP contribution in [0.1, 0.15) is 22.5 Å². The molecule has 0 spiro atoms. The van der Waals surface area contributed by atoms with Crippen molar-refractivity contribution in [3.63, 3.8) is 0 Å². The molecule has 0 radical (unpaired) electrons. The van der Waals surface area contributed by atoms with Crippen LogP contribution in [0.4, 0.5) is 10.5 Å². The van der Waals surface area contributed by atoms with Gasteiger partial charge in [0.25, 0.3) is 5.91 Å². The molecule has 0 bridgehead atoms. The van der Waals surface area contributed by atoms with Gasteiger partial charge in [-0.3, -0.25) is 9.59 Å². The highest BCUT2D eigenvalue weighted by Crippen LogP contribution is 2.22. The zero-order valence-corrected chi connectivity index (χ0v) is 16.3. The van der Waals surface area contributed by atoms with Crippen LogP contribution < -0.4 is 10.2 Å². The van der Waals surface area contributed by atoms with Gasteiger partial charge in [0.05, 0.1) is 12.3 Å². The number of carbonyl (C=O) groups excluding carboxylic acids is 3. The summed E-state index contributed by atoms with van der Waals surface area (Å²) in [5.74, 6) is 0.154. The number of piperazine rings is 1. The van der Waals surface area contributed by atoms with E-state index in [9.17, 15) is 14.4 Å². The van der Waals surface area contributed by atoms with E-state index in [4.69, 9.17) is 4.42 Å². The first-order valence-corrected chi connectivity index (χ1v) is 9.76. The van der Waals surface area contributed by atoms with Gasteiger partial charge in [-0.25, -0.2) is 4.79 Å². The van der Waals surface area contributed by atoms with Crippen molar-refractivity contribution in [1.29, 1.82) is 0 Å². The van der Waals surface area contributed by atoms with E-state index in [2.05, 4.69) is 5.32 Å². The van der Waals surface area contributed by atoms with Crippen LogP contribution in [0.15, 0.2) is 47.1 Å². The third-order valence-corrected chi connectivity index (χ3v) is 5.38. The summed E-state index contributed by atoms with van der Waals surface area (Å²) in [5, 5.41) is 2.96. The van der Waals surface area contributed by atoms with Crippen molar-refractivity contribution in [1.82, 2.24) is 15.1 Å². The summed E-state index contributed by atoms with van der Waals surface area (Å²) >= 11 is 0. The second kappa shape index (κ2) is 7.98. The Balaban J connectivity index is 1.28. The maximum Gasteiger partial charge on any atom is 0.317 e. The van der Waals surface area contributed by atoms with Crippen molar-refractivity contribution < 1.29 is 18.8 Å². The van der Waals surface area contributed by atoms with E-state index in [1.54, 1.807) is 26.8 Å². The van der Waals surface area contributed by atoms with Crippen molar-refractivity contribution >= 4 is 23.5 Å². The van der Waals surface area contributed by atoms with Gasteiger partial charge in [0, 0.05) is 44.8 Å². The molecular weight excluding hydrogens is 372 g/mol. The van der Waals surface area contributed by atoms with Crippen molar-refractivity contribution in [2.75, 3.05) is 37.6 Å². The molecule has 2 aliphatic rings. The number of rotatable bonds is 3. The highest BCUT2D eigenvalue weighted by Gasteiger charge is 2.33. The summed E-state index contributed by atoms with van der Waals surface area (Å²) in [7, 11) is 0. The van der Waals surface area contributed by atoms with E-state index in [-0.39, 0.29) is 30.3 Å². The highest BCUT2D eigenvalue weighted by atomic mass is 16.3. The topological polar surface area (TPSA) is 86.1 Å². The highest BCUT2D eigenvalue weighted by molar-refractivity contribution is 5.96. The second-order valence-electron chi connectivity index (χ2n) is 7.45. The van der Waals surface area contributed by atoms with E-state index in [1.807, 2.05) is 31.2 Å². The molecule has 29 heavy (non-hydrogen) atoms. The average Bonchev–Trinajstić information content (AvgIpc) is 3.38. The normalized spacial score (nSPS) is 19.6. The maximum absolute atomic E-state index is 12.6. The second-order valence-corrected chi connectivity index (χ2v) is 7.45. The molecule has 0 saturated carbocycles. The quantitative estimate of drug-likeness (QED) is 0.858. The first-order chi connectivity index (χ1) is 14.0. The predicted octanol–water partition coefficient (Wildman–Crippen LogP) is 1.86. The Kier molecular flexibility index (Phi) is 5.24. The Morgan fingerprint density at radius 1 is 1.03 bits per heavy atom.